The Bertz CT molecular complexity index is 1180. The highest BCUT2D eigenvalue weighted by Crippen LogP contribution is 2.30. The van der Waals surface area contributed by atoms with Crippen molar-refractivity contribution in [1.82, 2.24) is 25.2 Å². The van der Waals surface area contributed by atoms with Crippen LogP contribution in [0.1, 0.15) is 54.9 Å². The van der Waals surface area contributed by atoms with E-state index < -0.39 is 5.82 Å². The van der Waals surface area contributed by atoms with Gasteiger partial charge in [0.2, 0.25) is 0 Å². The fourth-order valence-electron chi connectivity index (χ4n) is 4.13. The molecule has 2 N–H and O–H groups in total. The summed E-state index contributed by atoms with van der Waals surface area (Å²) in [7, 11) is 0. The topological polar surface area (TPSA) is 83.0 Å². The Morgan fingerprint density at radius 1 is 1.20 bits per heavy atom. The molecule has 3 aromatic rings. The van der Waals surface area contributed by atoms with E-state index in [1.807, 2.05) is 13.8 Å². The second-order valence-electron chi connectivity index (χ2n) is 8.98. The van der Waals surface area contributed by atoms with Crippen LogP contribution in [0.3, 0.4) is 0 Å². The van der Waals surface area contributed by atoms with Crippen molar-refractivity contribution in [1.29, 1.82) is 0 Å². The summed E-state index contributed by atoms with van der Waals surface area (Å²) in [5, 5.41) is 6.66. The third-order valence-corrected chi connectivity index (χ3v) is 6.30. The minimum atomic E-state index is -0.462. The van der Waals surface area contributed by atoms with Crippen LogP contribution in [0.4, 0.5) is 15.9 Å². The predicted octanol–water partition coefficient (Wildman–Crippen LogP) is 5.41. The first-order chi connectivity index (χ1) is 16.9. The lowest BCUT2D eigenvalue weighted by molar-refractivity contribution is 0.0952. The van der Waals surface area contributed by atoms with Gasteiger partial charge in [-0.1, -0.05) is 25.4 Å². The SMILES string of the molecule is CC(C)c1cnc(-c2cc(Cl)ccc2F)nc1Nc1ccncc1C(=O)NCCCN1CCCC1. The second-order valence-corrected chi connectivity index (χ2v) is 9.42. The number of halogens is 2. The van der Waals surface area contributed by atoms with Gasteiger partial charge in [-0.3, -0.25) is 9.78 Å². The van der Waals surface area contributed by atoms with Crippen LogP contribution in [0.2, 0.25) is 5.02 Å². The number of carbonyl (C=O) groups excluding carboxylic acids is 1. The molecule has 184 valence electrons. The van der Waals surface area contributed by atoms with Gasteiger partial charge in [0.25, 0.3) is 5.91 Å². The number of benzene rings is 1. The average Bonchev–Trinajstić information content (AvgIpc) is 3.37. The highest BCUT2D eigenvalue weighted by Gasteiger charge is 2.18. The minimum absolute atomic E-state index is 0.0976. The molecule has 0 bridgehead atoms. The summed E-state index contributed by atoms with van der Waals surface area (Å²) >= 11 is 6.07. The van der Waals surface area contributed by atoms with E-state index >= 15 is 0 Å². The van der Waals surface area contributed by atoms with Gasteiger partial charge < -0.3 is 15.5 Å². The van der Waals surface area contributed by atoms with E-state index in [4.69, 9.17) is 11.6 Å². The van der Waals surface area contributed by atoms with Gasteiger partial charge in [-0.15, -0.1) is 0 Å². The van der Waals surface area contributed by atoms with Crippen LogP contribution in [0, 0.1) is 5.82 Å². The highest BCUT2D eigenvalue weighted by molar-refractivity contribution is 6.30. The lowest BCUT2D eigenvalue weighted by Gasteiger charge is -2.17. The van der Waals surface area contributed by atoms with Gasteiger partial charge in [0, 0.05) is 35.7 Å². The molecule has 4 rings (SSSR count). The summed E-state index contributed by atoms with van der Waals surface area (Å²) in [5.74, 6) is 0.136. The van der Waals surface area contributed by atoms with Crippen molar-refractivity contribution >= 4 is 29.0 Å². The second kappa shape index (κ2) is 11.6. The molecule has 7 nitrogen and oxygen atoms in total. The Kier molecular flexibility index (Phi) is 8.25. The molecule has 0 radical (unpaired) electrons. The largest absolute Gasteiger partial charge is 0.352 e. The van der Waals surface area contributed by atoms with Crippen molar-refractivity contribution in [2.45, 2.75) is 39.0 Å². The van der Waals surface area contributed by atoms with E-state index in [-0.39, 0.29) is 23.2 Å². The molecule has 1 aliphatic rings. The highest BCUT2D eigenvalue weighted by atomic mass is 35.5. The Labute approximate surface area is 210 Å². The van der Waals surface area contributed by atoms with Crippen LogP contribution in [-0.4, -0.2) is 51.9 Å². The van der Waals surface area contributed by atoms with E-state index in [0.29, 0.717) is 28.6 Å². The number of pyridine rings is 1. The molecule has 2 aromatic heterocycles. The zero-order valence-corrected chi connectivity index (χ0v) is 20.8. The van der Waals surface area contributed by atoms with Gasteiger partial charge in [0.15, 0.2) is 5.82 Å². The van der Waals surface area contributed by atoms with Gasteiger partial charge in [-0.05, 0) is 69.1 Å². The average molecular weight is 497 g/mol. The first kappa shape index (κ1) is 25.0. The molecule has 1 fully saturated rings. The van der Waals surface area contributed by atoms with E-state index in [2.05, 4.69) is 30.5 Å². The fourth-order valence-corrected chi connectivity index (χ4v) is 4.30. The van der Waals surface area contributed by atoms with Crippen molar-refractivity contribution in [2.75, 3.05) is 31.5 Å². The number of nitrogens with one attached hydrogen (secondary N) is 2. The number of hydrogen-bond donors (Lipinski definition) is 2. The Balaban J connectivity index is 1.54. The number of carbonyl (C=O) groups is 1. The molecule has 0 spiro atoms. The Morgan fingerprint density at radius 2 is 2.00 bits per heavy atom. The van der Waals surface area contributed by atoms with Crippen LogP contribution >= 0.6 is 11.6 Å². The van der Waals surface area contributed by atoms with E-state index in [9.17, 15) is 9.18 Å². The van der Waals surface area contributed by atoms with Gasteiger partial charge in [0.1, 0.15) is 11.6 Å². The van der Waals surface area contributed by atoms with Gasteiger partial charge in [0.05, 0.1) is 16.8 Å². The monoisotopic (exact) mass is 496 g/mol. The molecule has 3 heterocycles. The van der Waals surface area contributed by atoms with Gasteiger partial charge in [-0.25, -0.2) is 14.4 Å². The number of aromatic nitrogens is 3. The maximum Gasteiger partial charge on any atom is 0.254 e. The number of rotatable bonds is 9. The summed E-state index contributed by atoms with van der Waals surface area (Å²) < 4.78 is 14.5. The lowest BCUT2D eigenvalue weighted by atomic mass is 10.1. The molecule has 0 unspecified atom stereocenters. The van der Waals surface area contributed by atoms with Crippen LogP contribution < -0.4 is 10.6 Å². The van der Waals surface area contributed by atoms with Crippen molar-refractivity contribution < 1.29 is 9.18 Å². The van der Waals surface area contributed by atoms with Crippen molar-refractivity contribution in [3.05, 3.63) is 64.8 Å². The van der Waals surface area contributed by atoms with Gasteiger partial charge in [-0.2, -0.15) is 0 Å². The third kappa shape index (κ3) is 6.32. The van der Waals surface area contributed by atoms with Gasteiger partial charge >= 0.3 is 0 Å². The van der Waals surface area contributed by atoms with E-state index in [1.165, 1.54) is 37.2 Å². The zero-order valence-electron chi connectivity index (χ0n) is 20.0. The molecule has 1 aliphatic heterocycles. The standard InChI is InChI=1S/C26H30ClFN6O/c1-17(2)20-16-31-24(19-14-18(27)6-7-22(19)28)33-25(20)32-23-8-10-29-15-21(23)26(35)30-9-5-13-34-11-3-4-12-34/h6-8,10,14-17H,3-5,9,11-13H2,1-2H3,(H,30,35)(H,29,31,32,33). The number of hydrogen-bond acceptors (Lipinski definition) is 6. The van der Waals surface area contributed by atoms with Crippen LogP contribution in [0.5, 0.6) is 0 Å². The zero-order chi connectivity index (χ0) is 24.8. The molecule has 0 saturated carbocycles. The predicted molar refractivity (Wildman–Crippen MR) is 137 cm³/mol. The molecule has 35 heavy (non-hydrogen) atoms. The fraction of sp³-hybridized carbons (Fsp3) is 0.385. The first-order valence-corrected chi connectivity index (χ1v) is 12.3. The molecular formula is C26H30ClFN6O. The van der Waals surface area contributed by atoms with Crippen molar-refractivity contribution in [3.63, 3.8) is 0 Å². The molecular weight excluding hydrogens is 467 g/mol. The Hall–Kier alpha value is -3.10. The Morgan fingerprint density at radius 3 is 2.77 bits per heavy atom. The molecule has 0 aliphatic carbocycles. The molecule has 9 heteroatoms. The van der Waals surface area contributed by atoms with Crippen LogP contribution in [0.25, 0.3) is 11.4 Å². The summed E-state index contributed by atoms with van der Waals surface area (Å²) in [6, 6.07) is 6.00. The number of nitrogens with zero attached hydrogens (tertiary/aromatic N) is 4. The summed E-state index contributed by atoms with van der Waals surface area (Å²) in [5.41, 5.74) is 2.03. The molecule has 1 saturated heterocycles. The normalized spacial score (nSPS) is 13.9. The molecule has 1 aromatic carbocycles. The molecule has 0 atom stereocenters. The first-order valence-electron chi connectivity index (χ1n) is 12.0. The third-order valence-electron chi connectivity index (χ3n) is 6.06. The molecule has 1 amide bonds. The number of amides is 1. The maximum atomic E-state index is 14.5. The minimum Gasteiger partial charge on any atom is -0.352 e. The van der Waals surface area contributed by atoms with E-state index in [0.717, 1.165) is 31.6 Å². The smallest absolute Gasteiger partial charge is 0.254 e. The van der Waals surface area contributed by atoms with E-state index in [1.54, 1.807) is 18.5 Å². The number of anilines is 2. The maximum absolute atomic E-state index is 14.5. The summed E-state index contributed by atoms with van der Waals surface area (Å²) in [6.45, 7) is 7.90. The van der Waals surface area contributed by atoms with Crippen LogP contribution in [-0.2, 0) is 0 Å². The lowest BCUT2D eigenvalue weighted by Crippen LogP contribution is -2.29. The van der Waals surface area contributed by atoms with Crippen LogP contribution in [0.15, 0.2) is 42.9 Å². The van der Waals surface area contributed by atoms with Crippen molar-refractivity contribution in [3.8, 4) is 11.4 Å². The quantitative estimate of drug-likeness (QED) is 0.385. The summed E-state index contributed by atoms with van der Waals surface area (Å²) in [6.07, 6.45) is 8.22. The summed E-state index contributed by atoms with van der Waals surface area (Å²) in [4.78, 5) is 28.5. The number of likely N-dealkylation sites (tertiary alicyclic amines) is 1. The van der Waals surface area contributed by atoms with Crippen molar-refractivity contribution in [2.24, 2.45) is 0 Å².